The second-order valence-electron chi connectivity index (χ2n) is 13.5. The summed E-state index contributed by atoms with van der Waals surface area (Å²) in [4.78, 5) is 12.3. The standard InChI is InChI=1S/C40H81NO6/c1-5-9-13-17-21-25-38(24-20-16-12-8-4)36-46-35-34-45-33-32-44-31-30-43-29-28-41-40(42)37-47-39(26-22-18-14-10-6-2)27-23-19-15-11-7-3/h38-39H,5-37H2,1-4H3,(H,41,42). The number of carbonyl (C=O) groups is 1. The van der Waals surface area contributed by atoms with Gasteiger partial charge in [0.05, 0.1) is 52.4 Å². The van der Waals surface area contributed by atoms with E-state index in [-0.39, 0.29) is 18.6 Å². The Morgan fingerprint density at radius 3 is 1.32 bits per heavy atom. The Labute approximate surface area is 292 Å². The fraction of sp³-hybridized carbons (Fsp3) is 0.975. The van der Waals surface area contributed by atoms with Crippen LogP contribution in [-0.4, -0.2) is 78.0 Å². The molecule has 0 aliphatic heterocycles. The zero-order valence-electron chi connectivity index (χ0n) is 31.9. The smallest absolute Gasteiger partial charge is 0.246 e. The largest absolute Gasteiger partial charge is 0.379 e. The summed E-state index contributed by atoms with van der Waals surface area (Å²) >= 11 is 0. The number of rotatable bonds is 40. The van der Waals surface area contributed by atoms with Crippen LogP contribution in [0.4, 0.5) is 0 Å². The van der Waals surface area contributed by atoms with Gasteiger partial charge in [0.25, 0.3) is 0 Å². The van der Waals surface area contributed by atoms with Crippen molar-refractivity contribution < 1.29 is 28.5 Å². The van der Waals surface area contributed by atoms with Crippen LogP contribution < -0.4 is 5.32 Å². The lowest BCUT2D eigenvalue weighted by Gasteiger charge is -2.18. The molecule has 0 bridgehead atoms. The second kappa shape index (κ2) is 39.7. The summed E-state index contributed by atoms with van der Waals surface area (Å²) in [5, 5.41) is 2.92. The average molecular weight is 672 g/mol. The van der Waals surface area contributed by atoms with Gasteiger partial charge in [-0.25, -0.2) is 0 Å². The fourth-order valence-electron chi connectivity index (χ4n) is 5.89. The van der Waals surface area contributed by atoms with E-state index in [4.69, 9.17) is 23.7 Å². The van der Waals surface area contributed by atoms with Crippen molar-refractivity contribution in [3.8, 4) is 0 Å². The van der Waals surface area contributed by atoms with Gasteiger partial charge < -0.3 is 29.0 Å². The maximum Gasteiger partial charge on any atom is 0.246 e. The number of amides is 1. The van der Waals surface area contributed by atoms with Gasteiger partial charge in [-0.05, 0) is 31.6 Å². The number of hydrogen-bond acceptors (Lipinski definition) is 6. The van der Waals surface area contributed by atoms with Crippen LogP contribution in [0.25, 0.3) is 0 Å². The molecule has 0 saturated carbocycles. The van der Waals surface area contributed by atoms with E-state index in [1.807, 2.05) is 0 Å². The highest BCUT2D eigenvalue weighted by Crippen LogP contribution is 2.19. The second-order valence-corrected chi connectivity index (χ2v) is 13.5. The highest BCUT2D eigenvalue weighted by atomic mass is 16.6. The highest BCUT2D eigenvalue weighted by Gasteiger charge is 2.12. The molecule has 0 radical (unpaired) electrons. The minimum Gasteiger partial charge on any atom is -0.379 e. The number of nitrogens with one attached hydrogen (secondary N) is 1. The molecule has 7 heteroatoms. The van der Waals surface area contributed by atoms with E-state index in [2.05, 4.69) is 33.0 Å². The number of ether oxygens (including phenoxy) is 5. The van der Waals surface area contributed by atoms with Gasteiger partial charge >= 0.3 is 0 Å². The molecule has 1 unspecified atom stereocenters. The molecule has 0 aromatic heterocycles. The molecule has 1 N–H and O–H groups in total. The fourth-order valence-corrected chi connectivity index (χ4v) is 5.89. The van der Waals surface area contributed by atoms with Gasteiger partial charge in [-0.2, -0.15) is 0 Å². The molecule has 7 nitrogen and oxygen atoms in total. The number of unbranched alkanes of at least 4 members (excludes halogenated alkanes) is 15. The van der Waals surface area contributed by atoms with Gasteiger partial charge in [-0.15, -0.1) is 0 Å². The first-order chi connectivity index (χ1) is 23.2. The minimum atomic E-state index is -0.0575. The van der Waals surface area contributed by atoms with Crippen molar-refractivity contribution in [1.82, 2.24) is 5.32 Å². The Balaban J connectivity index is 3.78. The van der Waals surface area contributed by atoms with Gasteiger partial charge in [0.2, 0.25) is 5.91 Å². The summed E-state index contributed by atoms with van der Waals surface area (Å²) in [5.74, 6) is 0.633. The zero-order chi connectivity index (χ0) is 34.3. The Morgan fingerprint density at radius 2 is 0.851 bits per heavy atom. The molecule has 1 amide bonds. The maximum absolute atomic E-state index is 12.3. The average Bonchev–Trinajstić information content (AvgIpc) is 3.08. The molecule has 0 aliphatic rings. The predicted molar refractivity (Wildman–Crippen MR) is 198 cm³/mol. The number of carbonyl (C=O) groups excluding carboxylic acids is 1. The summed E-state index contributed by atoms with van der Waals surface area (Å²) in [7, 11) is 0. The van der Waals surface area contributed by atoms with Crippen molar-refractivity contribution >= 4 is 5.91 Å². The molecule has 47 heavy (non-hydrogen) atoms. The van der Waals surface area contributed by atoms with Crippen molar-refractivity contribution in [2.75, 3.05) is 66.0 Å². The molecular weight excluding hydrogens is 590 g/mol. The van der Waals surface area contributed by atoms with E-state index < -0.39 is 0 Å². The van der Waals surface area contributed by atoms with Crippen molar-refractivity contribution in [3.63, 3.8) is 0 Å². The normalized spacial score (nSPS) is 12.3. The van der Waals surface area contributed by atoms with Crippen LogP contribution in [0.5, 0.6) is 0 Å². The lowest BCUT2D eigenvalue weighted by molar-refractivity contribution is -0.128. The zero-order valence-corrected chi connectivity index (χ0v) is 31.9. The molecule has 0 spiro atoms. The molecular formula is C40H81NO6. The van der Waals surface area contributed by atoms with Gasteiger partial charge in [0.15, 0.2) is 0 Å². The van der Waals surface area contributed by atoms with Crippen molar-refractivity contribution in [3.05, 3.63) is 0 Å². The summed E-state index contributed by atoms with van der Waals surface area (Å²) in [6.07, 6.45) is 29.6. The monoisotopic (exact) mass is 672 g/mol. The van der Waals surface area contributed by atoms with E-state index in [1.165, 1.54) is 135 Å². The molecule has 0 rings (SSSR count). The molecule has 0 aliphatic carbocycles. The van der Waals surface area contributed by atoms with Crippen molar-refractivity contribution in [1.29, 1.82) is 0 Å². The third-order valence-corrected chi connectivity index (χ3v) is 8.93. The lowest BCUT2D eigenvalue weighted by atomic mass is 9.95. The summed E-state index contributed by atoms with van der Waals surface area (Å²) < 4.78 is 28.9. The number of hydrogen-bond donors (Lipinski definition) is 1. The molecule has 0 fully saturated rings. The molecule has 0 aromatic rings. The van der Waals surface area contributed by atoms with Crippen molar-refractivity contribution in [2.45, 2.75) is 181 Å². The third-order valence-electron chi connectivity index (χ3n) is 8.93. The van der Waals surface area contributed by atoms with Crippen LogP contribution in [0.2, 0.25) is 0 Å². The van der Waals surface area contributed by atoms with Crippen LogP contribution >= 0.6 is 0 Å². The Bertz CT molecular complexity index is 593. The molecule has 0 aromatic carbocycles. The Kier molecular flexibility index (Phi) is 39.1. The Morgan fingerprint density at radius 1 is 0.468 bits per heavy atom. The van der Waals surface area contributed by atoms with Crippen LogP contribution in [0.15, 0.2) is 0 Å². The topological polar surface area (TPSA) is 75.3 Å². The maximum atomic E-state index is 12.3. The first kappa shape index (κ1) is 46.3. The van der Waals surface area contributed by atoms with E-state index >= 15 is 0 Å². The van der Waals surface area contributed by atoms with Gasteiger partial charge in [0, 0.05) is 13.2 Å². The quantitative estimate of drug-likeness (QED) is 0.0654. The molecule has 0 heterocycles. The van der Waals surface area contributed by atoms with Gasteiger partial charge in [-0.3, -0.25) is 4.79 Å². The lowest BCUT2D eigenvalue weighted by Crippen LogP contribution is -2.32. The van der Waals surface area contributed by atoms with E-state index in [0.29, 0.717) is 58.7 Å². The summed E-state index contributed by atoms with van der Waals surface area (Å²) in [6, 6.07) is 0. The minimum absolute atomic E-state index is 0.0575. The van der Waals surface area contributed by atoms with Crippen LogP contribution in [-0.2, 0) is 28.5 Å². The third kappa shape index (κ3) is 36.4. The first-order valence-electron chi connectivity index (χ1n) is 20.4. The molecule has 282 valence electrons. The van der Waals surface area contributed by atoms with E-state index in [1.54, 1.807) is 0 Å². The van der Waals surface area contributed by atoms with Crippen LogP contribution in [0.1, 0.15) is 175 Å². The van der Waals surface area contributed by atoms with E-state index in [9.17, 15) is 4.79 Å². The molecule has 1 atom stereocenters. The molecule has 0 saturated heterocycles. The van der Waals surface area contributed by atoms with E-state index in [0.717, 1.165) is 19.4 Å². The predicted octanol–water partition coefficient (Wildman–Crippen LogP) is 10.2. The van der Waals surface area contributed by atoms with Crippen LogP contribution in [0, 0.1) is 5.92 Å². The highest BCUT2D eigenvalue weighted by molar-refractivity contribution is 5.77. The summed E-state index contributed by atoms with van der Waals surface area (Å²) in [5.41, 5.74) is 0. The SMILES string of the molecule is CCCCCCCC(CCCCCC)COCCOCCOCCOCCNC(=O)COC(CCCCCCC)CCCCCCC. The van der Waals surface area contributed by atoms with Crippen LogP contribution in [0.3, 0.4) is 0 Å². The van der Waals surface area contributed by atoms with Gasteiger partial charge in [-0.1, -0.05) is 150 Å². The first-order valence-corrected chi connectivity index (χ1v) is 20.4. The van der Waals surface area contributed by atoms with Crippen molar-refractivity contribution in [2.24, 2.45) is 5.92 Å². The Hall–Kier alpha value is -0.730. The van der Waals surface area contributed by atoms with Gasteiger partial charge in [0.1, 0.15) is 6.61 Å². The summed E-state index contributed by atoms with van der Waals surface area (Å²) in [6.45, 7) is 14.4.